The lowest BCUT2D eigenvalue weighted by Crippen LogP contribution is -2.00. The molecular formula is C14H12ClFIN. The largest absolute Gasteiger partial charge is 0.261 e. The molecule has 18 heavy (non-hydrogen) atoms. The predicted molar refractivity (Wildman–Crippen MR) is 80.4 cm³/mol. The molecule has 1 nitrogen and oxygen atoms in total. The molecule has 0 aliphatic heterocycles. The number of aryl methyl sites for hydroxylation is 1. The second kappa shape index (κ2) is 5.97. The summed E-state index contributed by atoms with van der Waals surface area (Å²) in [5.74, 6) is -0.236. The molecule has 0 spiro atoms. The van der Waals surface area contributed by atoms with Gasteiger partial charge in [0, 0.05) is 21.9 Å². The molecule has 0 bridgehead atoms. The fourth-order valence-corrected chi connectivity index (χ4v) is 3.05. The molecule has 1 atom stereocenters. The number of pyridine rings is 1. The SMILES string of the molecule is Cc1ccc(CC(Cl)c2ccc(F)cc2I)nc1. The molecule has 0 saturated heterocycles. The minimum atomic E-state index is -0.236. The van der Waals surface area contributed by atoms with E-state index < -0.39 is 0 Å². The Morgan fingerprint density at radius 2 is 2.11 bits per heavy atom. The van der Waals surface area contributed by atoms with Gasteiger partial charge in [0.05, 0.1) is 5.38 Å². The van der Waals surface area contributed by atoms with E-state index in [4.69, 9.17) is 11.6 Å². The Morgan fingerprint density at radius 1 is 1.33 bits per heavy atom. The van der Waals surface area contributed by atoms with Crippen LogP contribution in [0.3, 0.4) is 0 Å². The summed E-state index contributed by atoms with van der Waals surface area (Å²) < 4.78 is 13.9. The highest BCUT2D eigenvalue weighted by Gasteiger charge is 2.13. The lowest BCUT2D eigenvalue weighted by atomic mass is 10.1. The van der Waals surface area contributed by atoms with E-state index >= 15 is 0 Å². The van der Waals surface area contributed by atoms with Crippen LogP contribution in [-0.2, 0) is 6.42 Å². The first-order valence-corrected chi connectivity index (χ1v) is 7.08. The average Bonchev–Trinajstić information content (AvgIpc) is 2.32. The maximum absolute atomic E-state index is 13.0. The first-order chi connectivity index (χ1) is 8.56. The van der Waals surface area contributed by atoms with Crippen LogP contribution < -0.4 is 0 Å². The van der Waals surface area contributed by atoms with Gasteiger partial charge in [0.1, 0.15) is 5.82 Å². The van der Waals surface area contributed by atoms with E-state index in [1.165, 1.54) is 12.1 Å². The van der Waals surface area contributed by atoms with Crippen LogP contribution in [0, 0.1) is 16.3 Å². The van der Waals surface area contributed by atoms with Crippen LogP contribution in [0.25, 0.3) is 0 Å². The zero-order valence-electron chi connectivity index (χ0n) is 9.83. The van der Waals surface area contributed by atoms with Gasteiger partial charge >= 0.3 is 0 Å². The maximum Gasteiger partial charge on any atom is 0.124 e. The number of benzene rings is 1. The van der Waals surface area contributed by atoms with E-state index in [0.717, 1.165) is 20.4 Å². The minimum absolute atomic E-state index is 0.187. The van der Waals surface area contributed by atoms with Gasteiger partial charge in [-0.3, -0.25) is 4.98 Å². The standard InChI is InChI=1S/C14H12ClFIN/c1-9-2-4-11(18-8-9)7-13(15)12-5-3-10(16)6-14(12)17/h2-6,8,13H,7H2,1H3. The Kier molecular flexibility index (Phi) is 4.56. The van der Waals surface area contributed by atoms with E-state index in [2.05, 4.69) is 27.6 Å². The monoisotopic (exact) mass is 375 g/mol. The highest BCUT2D eigenvalue weighted by atomic mass is 127. The summed E-state index contributed by atoms with van der Waals surface area (Å²) in [7, 11) is 0. The summed E-state index contributed by atoms with van der Waals surface area (Å²) in [4.78, 5) is 4.33. The van der Waals surface area contributed by atoms with Crippen molar-refractivity contribution >= 4 is 34.2 Å². The fourth-order valence-electron chi connectivity index (χ4n) is 1.67. The second-order valence-electron chi connectivity index (χ2n) is 4.16. The molecule has 1 unspecified atom stereocenters. The Morgan fingerprint density at radius 3 is 2.72 bits per heavy atom. The van der Waals surface area contributed by atoms with Crippen molar-refractivity contribution in [1.82, 2.24) is 4.98 Å². The van der Waals surface area contributed by atoms with Crippen molar-refractivity contribution in [2.75, 3.05) is 0 Å². The summed E-state index contributed by atoms with van der Waals surface area (Å²) in [6, 6.07) is 8.66. The zero-order valence-corrected chi connectivity index (χ0v) is 12.7. The summed E-state index contributed by atoms with van der Waals surface area (Å²) in [6.45, 7) is 2.00. The molecule has 1 aromatic carbocycles. The van der Waals surface area contributed by atoms with Crippen LogP contribution in [-0.4, -0.2) is 4.98 Å². The van der Waals surface area contributed by atoms with Gasteiger partial charge in [-0.15, -0.1) is 11.6 Å². The molecule has 2 rings (SSSR count). The lowest BCUT2D eigenvalue weighted by molar-refractivity contribution is 0.625. The van der Waals surface area contributed by atoms with Crippen LogP contribution in [0.1, 0.15) is 22.2 Å². The van der Waals surface area contributed by atoms with Gasteiger partial charge in [0.2, 0.25) is 0 Å². The minimum Gasteiger partial charge on any atom is -0.261 e. The Balaban J connectivity index is 2.16. The maximum atomic E-state index is 13.0. The second-order valence-corrected chi connectivity index (χ2v) is 5.85. The van der Waals surface area contributed by atoms with Gasteiger partial charge in [0.15, 0.2) is 0 Å². The van der Waals surface area contributed by atoms with Crippen molar-refractivity contribution in [2.45, 2.75) is 18.7 Å². The molecule has 0 N–H and O–H groups in total. The van der Waals surface area contributed by atoms with Crippen LogP contribution in [0.2, 0.25) is 0 Å². The molecule has 4 heteroatoms. The molecule has 1 heterocycles. The summed E-state index contributed by atoms with van der Waals surface area (Å²) >= 11 is 8.48. The van der Waals surface area contributed by atoms with Crippen molar-refractivity contribution < 1.29 is 4.39 Å². The van der Waals surface area contributed by atoms with Gasteiger partial charge in [-0.1, -0.05) is 12.1 Å². The van der Waals surface area contributed by atoms with Gasteiger partial charge in [-0.05, 0) is 58.8 Å². The molecule has 2 aromatic rings. The van der Waals surface area contributed by atoms with Gasteiger partial charge < -0.3 is 0 Å². The first kappa shape index (κ1) is 13.7. The summed E-state index contributed by atoms with van der Waals surface area (Å²) in [5, 5.41) is -0.187. The van der Waals surface area contributed by atoms with Gasteiger partial charge in [-0.2, -0.15) is 0 Å². The van der Waals surface area contributed by atoms with Crippen LogP contribution in [0.15, 0.2) is 36.5 Å². The van der Waals surface area contributed by atoms with E-state index in [9.17, 15) is 4.39 Å². The Labute approximate surface area is 125 Å². The van der Waals surface area contributed by atoms with E-state index in [1.807, 2.05) is 25.3 Å². The molecule has 0 fully saturated rings. The Bertz CT molecular complexity index is 542. The molecule has 1 aromatic heterocycles. The van der Waals surface area contributed by atoms with E-state index in [-0.39, 0.29) is 11.2 Å². The quantitative estimate of drug-likeness (QED) is 0.562. The number of rotatable bonds is 3. The number of hydrogen-bond acceptors (Lipinski definition) is 1. The van der Waals surface area contributed by atoms with Crippen LogP contribution in [0.4, 0.5) is 4.39 Å². The topological polar surface area (TPSA) is 12.9 Å². The first-order valence-electron chi connectivity index (χ1n) is 5.57. The number of nitrogens with zero attached hydrogens (tertiary/aromatic N) is 1. The molecule has 0 amide bonds. The van der Waals surface area contributed by atoms with Gasteiger partial charge in [-0.25, -0.2) is 4.39 Å². The predicted octanol–water partition coefficient (Wildman–Crippen LogP) is 4.66. The summed E-state index contributed by atoms with van der Waals surface area (Å²) in [5.41, 5.74) is 3.02. The number of alkyl halides is 1. The third-order valence-corrected chi connectivity index (χ3v) is 3.98. The number of halogens is 3. The van der Waals surface area contributed by atoms with Crippen molar-refractivity contribution in [3.63, 3.8) is 0 Å². The van der Waals surface area contributed by atoms with E-state index in [1.54, 1.807) is 6.07 Å². The smallest absolute Gasteiger partial charge is 0.124 e. The number of hydrogen-bond donors (Lipinski definition) is 0. The third kappa shape index (κ3) is 3.42. The molecule has 0 saturated carbocycles. The molecule has 0 radical (unpaired) electrons. The van der Waals surface area contributed by atoms with Crippen LogP contribution >= 0.6 is 34.2 Å². The molecule has 0 aliphatic rings. The Hall–Kier alpha value is -0.680. The van der Waals surface area contributed by atoms with Crippen molar-refractivity contribution in [3.8, 4) is 0 Å². The highest BCUT2D eigenvalue weighted by Crippen LogP contribution is 2.28. The van der Waals surface area contributed by atoms with Crippen molar-refractivity contribution in [2.24, 2.45) is 0 Å². The third-order valence-electron chi connectivity index (χ3n) is 2.66. The average molecular weight is 376 g/mol. The fraction of sp³-hybridized carbons (Fsp3) is 0.214. The number of aromatic nitrogens is 1. The lowest BCUT2D eigenvalue weighted by Gasteiger charge is -2.11. The molecule has 94 valence electrons. The van der Waals surface area contributed by atoms with E-state index in [0.29, 0.717) is 6.42 Å². The van der Waals surface area contributed by atoms with Crippen LogP contribution in [0.5, 0.6) is 0 Å². The normalized spacial score (nSPS) is 12.4. The summed E-state index contributed by atoms with van der Waals surface area (Å²) in [6.07, 6.45) is 2.47. The van der Waals surface area contributed by atoms with Crippen molar-refractivity contribution in [1.29, 1.82) is 0 Å². The zero-order chi connectivity index (χ0) is 13.1. The molecule has 0 aliphatic carbocycles. The van der Waals surface area contributed by atoms with Crippen molar-refractivity contribution in [3.05, 3.63) is 62.7 Å². The molecular weight excluding hydrogens is 364 g/mol. The highest BCUT2D eigenvalue weighted by molar-refractivity contribution is 14.1. The van der Waals surface area contributed by atoms with Gasteiger partial charge in [0.25, 0.3) is 0 Å².